The van der Waals surface area contributed by atoms with E-state index in [1.807, 2.05) is 11.8 Å². The van der Waals surface area contributed by atoms with E-state index >= 15 is 0 Å². The van der Waals surface area contributed by atoms with E-state index in [9.17, 15) is 10.1 Å². The maximum absolute atomic E-state index is 10.4. The Morgan fingerprint density at radius 2 is 2.06 bits per heavy atom. The molecule has 0 saturated heterocycles. The number of nitro groups is 1. The maximum Gasteiger partial charge on any atom is 0.269 e. The Morgan fingerprint density at radius 1 is 1.38 bits per heavy atom. The Bertz CT molecular complexity index is 327. The lowest BCUT2D eigenvalue weighted by molar-refractivity contribution is -0.384. The van der Waals surface area contributed by atoms with Crippen molar-refractivity contribution in [3.63, 3.8) is 0 Å². The van der Waals surface area contributed by atoms with Gasteiger partial charge in [-0.2, -0.15) is 11.8 Å². The molecule has 0 aliphatic heterocycles. The van der Waals surface area contributed by atoms with Crippen LogP contribution < -0.4 is 5.32 Å². The minimum atomic E-state index is -0.380. The van der Waals surface area contributed by atoms with Crippen LogP contribution in [0.4, 0.5) is 5.69 Å². The Hall–Kier alpha value is -1.07. The zero-order chi connectivity index (χ0) is 11.8. The predicted molar refractivity (Wildman–Crippen MR) is 67.8 cm³/mol. The van der Waals surface area contributed by atoms with Crippen LogP contribution in [0, 0.1) is 10.1 Å². The van der Waals surface area contributed by atoms with E-state index in [4.69, 9.17) is 0 Å². The molecular weight excluding hydrogens is 224 g/mol. The Labute approximate surface area is 99.6 Å². The van der Waals surface area contributed by atoms with Gasteiger partial charge in [-0.05, 0) is 11.3 Å². The quantitative estimate of drug-likeness (QED) is 0.452. The number of hydrogen-bond donors (Lipinski definition) is 1. The van der Waals surface area contributed by atoms with Gasteiger partial charge in [-0.15, -0.1) is 0 Å². The number of nitro benzene ring substituents is 1. The van der Waals surface area contributed by atoms with Gasteiger partial charge >= 0.3 is 0 Å². The maximum atomic E-state index is 10.4. The molecule has 4 nitrogen and oxygen atoms in total. The summed E-state index contributed by atoms with van der Waals surface area (Å²) in [5.74, 6) is 2.24. The van der Waals surface area contributed by atoms with Crippen molar-refractivity contribution in [2.24, 2.45) is 0 Å². The summed E-state index contributed by atoms with van der Waals surface area (Å²) in [5.41, 5.74) is 1.22. The zero-order valence-electron chi connectivity index (χ0n) is 9.31. The molecule has 0 spiro atoms. The highest BCUT2D eigenvalue weighted by atomic mass is 32.2. The lowest BCUT2D eigenvalue weighted by Gasteiger charge is -2.03. The summed E-state index contributed by atoms with van der Waals surface area (Å²) in [6.07, 6.45) is 0. The molecule has 0 saturated carbocycles. The molecule has 0 unspecified atom stereocenters. The third-order valence-corrected chi connectivity index (χ3v) is 3.00. The summed E-state index contributed by atoms with van der Waals surface area (Å²) in [6, 6.07) is 6.66. The van der Waals surface area contributed by atoms with Crippen LogP contribution in [0.3, 0.4) is 0 Å². The number of hydrogen-bond acceptors (Lipinski definition) is 4. The van der Waals surface area contributed by atoms with Gasteiger partial charge in [-0.3, -0.25) is 10.1 Å². The van der Waals surface area contributed by atoms with Crippen molar-refractivity contribution in [2.45, 2.75) is 13.5 Å². The van der Waals surface area contributed by atoms with Crippen molar-refractivity contribution in [1.82, 2.24) is 5.32 Å². The van der Waals surface area contributed by atoms with E-state index in [1.54, 1.807) is 12.1 Å². The van der Waals surface area contributed by atoms with Gasteiger partial charge in [-0.25, -0.2) is 0 Å². The topological polar surface area (TPSA) is 55.2 Å². The molecular formula is C11H16N2O2S. The van der Waals surface area contributed by atoms with Crippen LogP contribution in [-0.2, 0) is 6.54 Å². The van der Waals surface area contributed by atoms with Gasteiger partial charge in [0.05, 0.1) is 4.92 Å². The molecule has 16 heavy (non-hydrogen) atoms. The Kier molecular flexibility index (Phi) is 5.88. The molecule has 0 fully saturated rings. The first kappa shape index (κ1) is 13.0. The highest BCUT2D eigenvalue weighted by Crippen LogP contribution is 2.11. The summed E-state index contributed by atoms with van der Waals surface area (Å²) in [6.45, 7) is 3.87. The average molecular weight is 240 g/mol. The van der Waals surface area contributed by atoms with Gasteiger partial charge in [0.25, 0.3) is 5.69 Å². The summed E-state index contributed by atoms with van der Waals surface area (Å²) >= 11 is 1.90. The van der Waals surface area contributed by atoms with E-state index < -0.39 is 0 Å². The first-order chi connectivity index (χ1) is 7.74. The molecule has 0 amide bonds. The fourth-order valence-corrected chi connectivity index (χ4v) is 1.83. The Morgan fingerprint density at radius 3 is 2.62 bits per heavy atom. The van der Waals surface area contributed by atoms with E-state index in [2.05, 4.69) is 12.2 Å². The molecule has 0 bridgehead atoms. The minimum Gasteiger partial charge on any atom is -0.312 e. The minimum absolute atomic E-state index is 0.144. The van der Waals surface area contributed by atoms with E-state index in [-0.39, 0.29) is 10.6 Å². The molecule has 0 aromatic heterocycles. The molecule has 1 N–H and O–H groups in total. The van der Waals surface area contributed by atoms with Gasteiger partial charge in [-0.1, -0.05) is 19.1 Å². The molecule has 1 rings (SSSR count). The van der Waals surface area contributed by atoms with Crippen LogP contribution in [0.1, 0.15) is 12.5 Å². The molecule has 0 heterocycles. The summed E-state index contributed by atoms with van der Waals surface area (Å²) in [4.78, 5) is 10.1. The van der Waals surface area contributed by atoms with Gasteiger partial charge < -0.3 is 5.32 Å². The highest BCUT2D eigenvalue weighted by Gasteiger charge is 2.03. The molecule has 0 aliphatic rings. The van der Waals surface area contributed by atoms with Crippen molar-refractivity contribution in [3.8, 4) is 0 Å². The third-order valence-electron chi connectivity index (χ3n) is 2.10. The van der Waals surface area contributed by atoms with Crippen LogP contribution >= 0.6 is 11.8 Å². The second-order valence-corrected chi connectivity index (χ2v) is 4.69. The summed E-state index contributed by atoms with van der Waals surface area (Å²) in [7, 11) is 0. The van der Waals surface area contributed by atoms with Crippen molar-refractivity contribution >= 4 is 17.4 Å². The van der Waals surface area contributed by atoms with Gasteiger partial charge in [0.2, 0.25) is 0 Å². The number of rotatable bonds is 7. The third kappa shape index (κ3) is 4.63. The van der Waals surface area contributed by atoms with Crippen LogP contribution in [0.25, 0.3) is 0 Å². The monoisotopic (exact) mass is 240 g/mol. The molecule has 1 aromatic carbocycles. The first-order valence-corrected chi connectivity index (χ1v) is 6.41. The highest BCUT2D eigenvalue weighted by molar-refractivity contribution is 7.99. The van der Waals surface area contributed by atoms with Crippen molar-refractivity contribution in [1.29, 1.82) is 0 Å². The molecule has 5 heteroatoms. The smallest absolute Gasteiger partial charge is 0.269 e. The average Bonchev–Trinajstić information content (AvgIpc) is 2.29. The van der Waals surface area contributed by atoms with E-state index in [1.165, 1.54) is 12.1 Å². The molecule has 0 aliphatic carbocycles. The largest absolute Gasteiger partial charge is 0.312 e. The lowest BCUT2D eigenvalue weighted by atomic mass is 10.2. The van der Waals surface area contributed by atoms with Crippen LogP contribution in [-0.4, -0.2) is 23.0 Å². The van der Waals surface area contributed by atoms with Crippen LogP contribution in [0.15, 0.2) is 24.3 Å². The lowest BCUT2D eigenvalue weighted by Crippen LogP contribution is -2.16. The second kappa shape index (κ2) is 7.24. The number of nitrogens with one attached hydrogen (secondary N) is 1. The van der Waals surface area contributed by atoms with E-state index in [0.717, 1.165) is 30.2 Å². The number of non-ortho nitro benzene ring substituents is 1. The van der Waals surface area contributed by atoms with Gasteiger partial charge in [0, 0.05) is 31.0 Å². The van der Waals surface area contributed by atoms with Crippen LogP contribution in [0.2, 0.25) is 0 Å². The molecule has 0 atom stereocenters. The van der Waals surface area contributed by atoms with Gasteiger partial charge in [0.15, 0.2) is 0 Å². The summed E-state index contributed by atoms with van der Waals surface area (Å²) in [5, 5.41) is 13.7. The fourth-order valence-electron chi connectivity index (χ4n) is 1.26. The van der Waals surface area contributed by atoms with Crippen molar-refractivity contribution < 1.29 is 4.92 Å². The SMILES string of the molecule is CCSCCNCc1ccc([N+](=O)[O-])cc1. The fraction of sp³-hybridized carbons (Fsp3) is 0.455. The van der Waals surface area contributed by atoms with Crippen LogP contribution in [0.5, 0.6) is 0 Å². The zero-order valence-corrected chi connectivity index (χ0v) is 10.1. The molecule has 1 aromatic rings. The number of thioether (sulfide) groups is 1. The van der Waals surface area contributed by atoms with Crippen molar-refractivity contribution in [2.75, 3.05) is 18.1 Å². The number of benzene rings is 1. The van der Waals surface area contributed by atoms with E-state index in [0.29, 0.717) is 0 Å². The molecule has 0 radical (unpaired) electrons. The molecule has 88 valence electrons. The predicted octanol–water partition coefficient (Wildman–Crippen LogP) is 2.44. The second-order valence-electron chi connectivity index (χ2n) is 3.30. The summed E-state index contributed by atoms with van der Waals surface area (Å²) < 4.78 is 0. The number of nitrogens with zero attached hydrogens (tertiary/aromatic N) is 1. The standard InChI is InChI=1S/C11H16N2O2S/c1-2-16-8-7-12-9-10-3-5-11(6-4-10)13(14)15/h3-6,12H,2,7-9H2,1H3. The first-order valence-electron chi connectivity index (χ1n) is 5.26. The normalized spacial score (nSPS) is 10.3. The van der Waals surface area contributed by atoms with Gasteiger partial charge in [0.1, 0.15) is 0 Å². The Balaban J connectivity index is 2.29. The van der Waals surface area contributed by atoms with Crippen molar-refractivity contribution in [3.05, 3.63) is 39.9 Å².